The number of hydrogen-bond donors (Lipinski definition) is 2. The quantitative estimate of drug-likeness (QED) is 0.378. The van der Waals surface area contributed by atoms with E-state index in [1.807, 2.05) is 31.3 Å². The largest absolute Gasteiger partial charge is 0.497 e. The standard InChI is InChI=1S/C13H15N5O2/c1-18(9-4-3-5-10(8-9)20-2)13-11(12(14)17-19)6-7-15-16-13/h3-8,19H,1-2H3,(H2,14,17). The van der Waals surface area contributed by atoms with E-state index in [2.05, 4.69) is 15.4 Å². The molecule has 0 radical (unpaired) electrons. The highest BCUT2D eigenvalue weighted by atomic mass is 16.5. The van der Waals surface area contributed by atoms with E-state index in [0.717, 1.165) is 11.4 Å². The van der Waals surface area contributed by atoms with Crippen molar-refractivity contribution in [1.29, 1.82) is 0 Å². The van der Waals surface area contributed by atoms with Crippen molar-refractivity contribution in [2.24, 2.45) is 10.9 Å². The van der Waals surface area contributed by atoms with E-state index in [1.165, 1.54) is 6.20 Å². The Bertz CT molecular complexity index is 630. The van der Waals surface area contributed by atoms with Gasteiger partial charge in [0, 0.05) is 18.8 Å². The van der Waals surface area contributed by atoms with E-state index in [-0.39, 0.29) is 5.84 Å². The molecule has 1 heterocycles. The van der Waals surface area contributed by atoms with Crippen molar-refractivity contribution in [1.82, 2.24) is 10.2 Å². The number of amidine groups is 1. The van der Waals surface area contributed by atoms with E-state index in [9.17, 15) is 0 Å². The minimum absolute atomic E-state index is 0.0235. The Morgan fingerprint density at radius 2 is 2.20 bits per heavy atom. The Hall–Kier alpha value is -2.83. The summed E-state index contributed by atoms with van der Waals surface area (Å²) in [5, 5.41) is 19.7. The molecular formula is C13H15N5O2. The van der Waals surface area contributed by atoms with E-state index in [0.29, 0.717) is 11.4 Å². The Balaban J connectivity index is 2.45. The van der Waals surface area contributed by atoms with Gasteiger partial charge in [-0.1, -0.05) is 11.2 Å². The number of aromatic nitrogens is 2. The maximum Gasteiger partial charge on any atom is 0.173 e. The molecule has 0 bridgehead atoms. The summed E-state index contributed by atoms with van der Waals surface area (Å²) in [6.45, 7) is 0. The number of nitrogens with two attached hydrogens (primary N) is 1. The third kappa shape index (κ3) is 2.61. The minimum atomic E-state index is -0.0235. The number of oxime groups is 1. The van der Waals surface area contributed by atoms with Gasteiger partial charge in [-0.2, -0.15) is 5.10 Å². The molecule has 0 amide bonds. The van der Waals surface area contributed by atoms with Gasteiger partial charge in [0.25, 0.3) is 0 Å². The SMILES string of the molecule is COc1cccc(N(C)c2nnccc2/C(N)=N/O)c1. The third-order valence-corrected chi connectivity index (χ3v) is 2.84. The average molecular weight is 273 g/mol. The number of benzene rings is 1. The van der Waals surface area contributed by atoms with Crippen molar-refractivity contribution >= 4 is 17.3 Å². The highest BCUT2D eigenvalue weighted by Crippen LogP contribution is 2.27. The van der Waals surface area contributed by atoms with Crippen LogP contribution in [0.5, 0.6) is 5.75 Å². The number of nitrogens with zero attached hydrogens (tertiary/aromatic N) is 4. The molecule has 0 aliphatic rings. The zero-order valence-electron chi connectivity index (χ0n) is 11.2. The first-order valence-electron chi connectivity index (χ1n) is 5.84. The van der Waals surface area contributed by atoms with Gasteiger partial charge in [0.1, 0.15) is 5.75 Å². The molecular weight excluding hydrogens is 258 g/mol. The van der Waals surface area contributed by atoms with Crippen LogP contribution in [-0.2, 0) is 0 Å². The molecule has 0 saturated heterocycles. The maximum absolute atomic E-state index is 8.82. The second-order valence-corrected chi connectivity index (χ2v) is 4.01. The zero-order valence-corrected chi connectivity index (χ0v) is 11.2. The molecule has 1 aromatic heterocycles. The molecule has 0 aliphatic heterocycles. The zero-order chi connectivity index (χ0) is 14.5. The molecule has 104 valence electrons. The minimum Gasteiger partial charge on any atom is -0.497 e. The molecule has 0 aliphatic carbocycles. The van der Waals surface area contributed by atoms with Crippen LogP contribution in [0.3, 0.4) is 0 Å². The highest BCUT2D eigenvalue weighted by molar-refractivity contribution is 6.01. The van der Waals surface area contributed by atoms with Gasteiger partial charge in [0.2, 0.25) is 0 Å². The van der Waals surface area contributed by atoms with Crippen molar-refractivity contribution in [3.8, 4) is 5.75 Å². The molecule has 7 nitrogen and oxygen atoms in total. The van der Waals surface area contributed by atoms with E-state index in [1.54, 1.807) is 18.1 Å². The molecule has 20 heavy (non-hydrogen) atoms. The van der Waals surface area contributed by atoms with Gasteiger partial charge < -0.3 is 20.6 Å². The van der Waals surface area contributed by atoms with Crippen molar-refractivity contribution in [3.05, 3.63) is 42.1 Å². The molecule has 3 N–H and O–H groups in total. The fourth-order valence-electron chi connectivity index (χ4n) is 1.77. The average Bonchev–Trinajstić information content (AvgIpc) is 2.53. The van der Waals surface area contributed by atoms with E-state index >= 15 is 0 Å². The topological polar surface area (TPSA) is 96.9 Å². The fraction of sp³-hybridized carbons (Fsp3) is 0.154. The van der Waals surface area contributed by atoms with Crippen LogP contribution in [0.1, 0.15) is 5.56 Å². The lowest BCUT2D eigenvalue weighted by molar-refractivity contribution is 0.318. The van der Waals surface area contributed by atoms with Crippen molar-refractivity contribution in [3.63, 3.8) is 0 Å². The molecule has 0 unspecified atom stereocenters. The summed E-state index contributed by atoms with van der Waals surface area (Å²) in [5.74, 6) is 1.18. The third-order valence-electron chi connectivity index (χ3n) is 2.84. The van der Waals surface area contributed by atoms with Gasteiger partial charge in [-0.25, -0.2) is 0 Å². The van der Waals surface area contributed by atoms with Crippen molar-refractivity contribution in [2.45, 2.75) is 0 Å². The number of ether oxygens (including phenoxy) is 1. The molecule has 2 rings (SSSR count). The first-order chi connectivity index (χ1) is 9.67. The van der Waals surface area contributed by atoms with Crippen LogP contribution in [0.25, 0.3) is 0 Å². The molecule has 0 atom stereocenters. The summed E-state index contributed by atoms with van der Waals surface area (Å²) in [4.78, 5) is 1.78. The van der Waals surface area contributed by atoms with Crippen LogP contribution in [0.15, 0.2) is 41.7 Å². The fourth-order valence-corrected chi connectivity index (χ4v) is 1.77. The molecule has 0 spiro atoms. The Labute approximate surface area is 116 Å². The van der Waals surface area contributed by atoms with Gasteiger partial charge >= 0.3 is 0 Å². The Morgan fingerprint density at radius 3 is 2.90 bits per heavy atom. The van der Waals surface area contributed by atoms with E-state index in [4.69, 9.17) is 15.7 Å². The second-order valence-electron chi connectivity index (χ2n) is 4.01. The highest BCUT2D eigenvalue weighted by Gasteiger charge is 2.14. The normalized spacial score (nSPS) is 11.2. The van der Waals surface area contributed by atoms with Gasteiger partial charge in [-0.05, 0) is 18.2 Å². The predicted molar refractivity (Wildman–Crippen MR) is 75.6 cm³/mol. The van der Waals surface area contributed by atoms with Crippen LogP contribution in [-0.4, -0.2) is 35.4 Å². The molecule has 2 aromatic rings. The lowest BCUT2D eigenvalue weighted by Crippen LogP contribution is -2.21. The van der Waals surface area contributed by atoms with Gasteiger partial charge in [0.05, 0.1) is 18.9 Å². The summed E-state index contributed by atoms with van der Waals surface area (Å²) in [5.41, 5.74) is 6.99. The summed E-state index contributed by atoms with van der Waals surface area (Å²) in [7, 11) is 3.41. The lowest BCUT2D eigenvalue weighted by Gasteiger charge is -2.20. The maximum atomic E-state index is 8.82. The second kappa shape index (κ2) is 5.87. The van der Waals surface area contributed by atoms with Crippen LogP contribution in [0.4, 0.5) is 11.5 Å². The summed E-state index contributed by atoms with van der Waals surface area (Å²) in [6, 6.07) is 9.09. The first-order valence-corrected chi connectivity index (χ1v) is 5.84. The molecule has 0 saturated carbocycles. The van der Waals surface area contributed by atoms with Gasteiger partial charge in [-0.3, -0.25) is 0 Å². The summed E-state index contributed by atoms with van der Waals surface area (Å²) < 4.78 is 5.19. The predicted octanol–water partition coefficient (Wildman–Crippen LogP) is 1.35. The lowest BCUT2D eigenvalue weighted by atomic mass is 10.2. The van der Waals surface area contributed by atoms with Crippen LogP contribution < -0.4 is 15.4 Å². The Morgan fingerprint density at radius 1 is 1.40 bits per heavy atom. The van der Waals surface area contributed by atoms with Crippen molar-refractivity contribution < 1.29 is 9.94 Å². The van der Waals surface area contributed by atoms with E-state index < -0.39 is 0 Å². The van der Waals surface area contributed by atoms with Crippen LogP contribution in [0.2, 0.25) is 0 Å². The van der Waals surface area contributed by atoms with Gasteiger partial charge in [-0.15, -0.1) is 5.10 Å². The molecule has 7 heteroatoms. The summed E-state index contributed by atoms with van der Waals surface area (Å²) >= 11 is 0. The number of anilines is 2. The number of methoxy groups -OCH3 is 1. The molecule has 0 fully saturated rings. The van der Waals surface area contributed by atoms with Gasteiger partial charge in [0.15, 0.2) is 11.7 Å². The van der Waals surface area contributed by atoms with Crippen LogP contribution >= 0.6 is 0 Å². The first kappa shape index (κ1) is 13.6. The smallest absolute Gasteiger partial charge is 0.173 e. The number of rotatable bonds is 4. The molecule has 1 aromatic carbocycles. The summed E-state index contributed by atoms with van der Waals surface area (Å²) in [6.07, 6.45) is 1.48. The number of hydrogen-bond acceptors (Lipinski definition) is 6. The van der Waals surface area contributed by atoms with Crippen LogP contribution in [0, 0.1) is 0 Å². The Kier molecular flexibility index (Phi) is 3.99. The van der Waals surface area contributed by atoms with Crippen molar-refractivity contribution in [2.75, 3.05) is 19.1 Å². The monoisotopic (exact) mass is 273 g/mol.